The average Bonchev–Trinajstić information content (AvgIpc) is 3.08. The smallest absolute Gasteiger partial charge is 0.460 e. The summed E-state index contributed by atoms with van der Waals surface area (Å²) in [6.07, 6.45) is 5.33. The number of phosphoric acid groups is 1. The molecule has 0 heterocycles. The fourth-order valence-corrected chi connectivity index (χ4v) is 7.55. The van der Waals surface area contributed by atoms with E-state index in [0.29, 0.717) is 30.0 Å². The van der Waals surface area contributed by atoms with Crippen LogP contribution in [0.5, 0.6) is 5.75 Å². The number of nitrogens with zero attached hydrogens (tertiary/aromatic N) is 1. The molecule has 0 aliphatic rings. The van der Waals surface area contributed by atoms with E-state index >= 15 is 0 Å². The number of carbonyl (C=O) groups is 4. The molecule has 2 aromatic rings. The minimum Gasteiger partial charge on any atom is -0.460 e. The van der Waals surface area contributed by atoms with Crippen LogP contribution in [0.15, 0.2) is 48.5 Å². The second-order valence-corrected chi connectivity index (χ2v) is 18.9. The van der Waals surface area contributed by atoms with Crippen molar-refractivity contribution in [3.63, 3.8) is 0 Å². The minimum absolute atomic E-state index is 0.000392. The highest BCUT2D eigenvalue weighted by Crippen LogP contribution is 2.55. The second kappa shape index (κ2) is 22.9. The first kappa shape index (κ1) is 50.0. The van der Waals surface area contributed by atoms with Crippen LogP contribution in [0.4, 0.5) is 16.2 Å². The maximum absolute atomic E-state index is 14.3. The number of rotatable bonds is 22. The fourth-order valence-electron chi connectivity index (χ4n) is 5.72. The molecule has 2 atom stereocenters. The highest BCUT2D eigenvalue weighted by atomic mass is 31.2. The summed E-state index contributed by atoms with van der Waals surface area (Å²) in [5.74, 6) is -1.21. The predicted octanol–water partition coefficient (Wildman–Crippen LogP) is 8.93. The summed E-state index contributed by atoms with van der Waals surface area (Å²) in [6, 6.07) is 10.1. The van der Waals surface area contributed by atoms with Crippen LogP contribution in [-0.2, 0) is 39.2 Å². The van der Waals surface area contributed by atoms with E-state index in [1.54, 1.807) is 116 Å². The molecule has 0 unspecified atom stereocenters. The van der Waals surface area contributed by atoms with E-state index in [2.05, 4.69) is 29.8 Å². The number of esters is 1. The lowest BCUT2D eigenvalue weighted by molar-refractivity contribution is -0.155. The number of ether oxygens (including phenoxy) is 1. The number of hydrogen-bond donors (Lipinski definition) is 4. The van der Waals surface area contributed by atoms with Crippen LogP contribution in [-0.4, -0.2) is 70.7 Å². The molecule has 0 radical (unpaired) electrons. The lowest BCUT2D eigenvalue weighted by Gasteiger charge is -2.30. The van der Waals surface area contributed by atoms with Crippen LogP contribution in [0, 0.1) is 0 Å². The zero-order chi connectivity index (χ0) is 43.7. The van der Waals surface area contributed by atoms with Gasteiger partial charge in [-0.25, -0.2) is 9.36 Å². The molecule has 2 aromatic carbocycles. The lowest BCUT2D eigenvalue weighted by Crippen LogP contribution is -2.55. The van der Waals surface area contributed by atoms with E-state index in [1.807, 2.05) is 0 Å². The van der Waals surface area contributed by atoms with Gasteiger partial charge in [0.25, 0.3) is 0 Å². The molecule has 58 heavy (non-hydrogen) atoms. The van der Waals surface area contributed by atoms with Gasteiger partial charge in [-0.05, 0) is 124 Å². The number of benzene rings is 2. The number of amides is 4. The Kier molecular flexibility index (Phi) is 19.7. The number of nitrogens with one attached hydrogen (secondary N) is 3. The Balaban J connectivity index is 2.47. The fraction of sp³-hybridized carbons (Fsp3) is 0.628. The van der Waals surface area contributed by atoms with Crippen LogP contribution in [0.1, 0.15) is 133 Å². The van der Waals surface area contributed by atoms with Gasteiger partial charge in [-0.2, -0.15) is 0 Å². The number of urea groups is 1. The molecular formula is C43H70N5O9P. The van der Waals surface area contributed by atoms with Crippen molar-refractivity contribution in [2.75, 3.05) is 24.1 Å². The van der Waals surface area contributed by atoms with Gasteiger partial charge in [0.2, 0.25) is 11.8 Å². The van der Waals surface area contributed by atoms with Gasteiger partial charge in [-0.15, -0.1) is 0 Å². The maximum atomic E-state index is 14.3. The largest absolute Gasteiger partial charge is 0.531 e. The molecule has 4 amide bonds. The van der Waals surface area contributed by atoms with E-state index in [4.69, 9.17) is 24.0 Å². The Labute approximate surface area is 346 Å². The second-order valence-electron chi connectivity index (χ2n) is 17.5. The summed E-state index contributed by atoms with van der Waals surface area (Å²) in [4.78, 5) is 56.5. The van der Waals surface area contributed by atoms with Crippen molar-refractivity contribution in [3.05, 3.63) is 54.1 Å². The molecule has 15 heteroatoms. The minimum atomic E-state index is -4.08. The Morgan fingerprint density at radius 3 is 1.74 bits per heavy atom. The number of hydrogen-bond acceptors (Lipinski definition) is 10. The molecule has 0 spiro atoms. The van der Waals surface area contributed by atoms with Gasteiger partial charge in [0.15, 0.2) is 0 Å². The third kappa shape index (κ3) is 20.5. The molecule has 326 valence electrons. The zero-order valence-corrected chi connectivity index (χ0v) is 37.6. The van der Waals surface area contributed by atoms with E-state index in [0.717, 1.165) is 38.5 Å². The number of phosphoric ester groups is 1. The molecule has 5 N–H and O–H groups in total. The quantitative estimate of drug-likeness (QED) is 0.0386. The molecule has 0 aliphatic carbocycles. The molecule has 14 nitrogen and oxygen atoms in total. The SMILES string of the molecule is CCCCCN(CCCCC)C(=O)[C@H](CCC(=O)OC(C)(C)C)NC(=O)[C@H](Cc1ccc(OP(=O)(OC(C)(C)C)OC(C)(C)C)cc1)NC(=O)Nc1ccc(N)cc1. The van der Waals surface area contributed by atoms with E-state index in [-0.39, 0.29) is 30.9 Å². The predicted molar refractivity (Wildman–Crippen MR) is 229 cm³/mol. The number of anilines is 2. The highest BCUT2D eigenvalue weighted by molar-refractivity contribution is 7.49. The molecular weight excluding hydrogens is 761 g/mol. The van der Waals surface area contributed by atoms with Crippen molar-refractivity contribution in [1.82, 2.24) is 15.5 Å². The molecule has 0 bridgehead atoms. The van der Waals surface area contributed by atoms with Gasteiger partial charge in [0, 0.05) is 37.3 Å². The summed E-state index contributed by atoms with van der Waals surface area (Å²) in [6.45, 7) is 21.0. The summed E-state index contributed by atoms with van der Waals surface area (Å²) >= 11 is 0. The summed E-state index contributed by atoms with van der Waals surface area (Å²) < 4.78 is 36.6. The molecule has 0 aromatic heterocycles. The van der Waals surface area contributed by atoms with Crippen molar-refractivity contribution < 1.29 is 42.1 Å². The normalized spacial score (nSPS) is 13.2. The number of nitrogens with two attached hydrogens (primary N) is 1. The van der Waals surface area contributed by atoms with E-state index in [1.165, 1.54) is 0 Å². The van der Waals surface area contributed by atoms with Crippen molar-refractivity contribution >= 4 is 43.0 Å². The maximum Gasteiger partial charge on any atom is 0.531 e. The van der Waals surface area contributed by atoms with Gasteiger partial charge < -0.3 is 35.8 Å². The molecule has 2 rings (SSSR count). The average molecular weight is 832 g/mol. The van der Waals surface area contributed by atoms with E-state index in [9.17, 15) is 23.7 Å². The van der Waals surface area contributed by atoms with Crippen LogP contribution in [0.2, 0.25) is 0 Å². The van der Waals surface area contributed by atoms with Gasteiger partial charge in [0.05, 0.1) is 11.2 Å². The Morgan fingerprint density at radius 2 is 1.26 bits per heavy atom. The Hall–Kier alpha value is -4.13. The van der Waals surface area contributed by atoms with Gasteiger partial charge in [0.1, 0.15) is 23.4 Å². The first-order valence-corrected chi connectivity index (χ1v) is 21.9. The van der Waals surface area contributed by atoms with Crippen LogP contribution in [0.3, 0.4) is 0 Å². The highest BCUT2D eigenvalue weighted by Gasteiger charge is 2.39. The van der Waals surface area contributed by atoms with Crippen LogP contribution in [0.25, 0.3) is 0 Å². The van der Waals surface area contributed by atoms with Crippen LogP contribution < -0.4 is 26.2 Å². The van der Waals surface area contributed by atoms with Crippen molar-refractivity contribution in [3.8, 4) is 5.75 Å². The van der Waals surface area contributed by atoms with Crippen LogP contribution >= 0.6 is 7.82 Å². The number of unbranched alkanes of at least 4 members (excludes halogenated alkanes) is 4. The Morgan fingerprint density at radius 1 is 0.724 bits per heavy atom. The van der Waals surface area contributed by atoms with Gasteiger partial charge >= 0.3 is 19.8 Å². The third-order valence-electron chi connectivity index (χ3n) is 8.19. The van der Waals surface area contributed by atoms with Crippen molar-refractivity contribution in [2.45, 2.75) is 163 Å². The first-order valence-electron chi connectivity index (χ1n) is 20.4. The van der Waals surface area contributed by atoms with Crippen molar-refractivity contribution in [2.24, 2.45) is 0 Å². The van der Waals surface area contributed by atoms with Gasteiger partial charge in [-0.1, -0.05) is 51.7 Å². The monoisotopic (exact) mass is 831 g/mol. The third-order valence-corrected chi connectivity index (χ3v) is 10.2. The lowest BCUT2D eigenvalue weighted by atomic mass is 10.0. The standard InChI is InChI=1S/C43H70N5O9P/c1-12-14-16-28-48(29-17-15-13-2)39(51)35(26-27-37(49)54-41(3,4)5)46-38(50)36(47-40(52)45-33-22-20-32(44)21-23-33)30-31-18-24-34(25-19-31)55-58(53,56-42(6,7)8)57-43(9,10)11/h18-25,35-36H,12-17,26-30,44H2,1-11H3,(H,46,50)(H2,45,47,52)/t35-,36-/m0/s1. The Bertz CT molecular complexity index is 1620. The summed E-state index contributed by atoms with van der Waals surface area (Å²) in [5.41, 5.74) is 4.99. The molecule has 0 saturated heterocycles. The zero-order valence-electron chi connectivity index (χ0n) is 36.7. The molecule has 0 aliphatic heterocycles. The molecule has 0 fully saturated rings. The van der Waals surface area contributed by atoms with Gasteiger partial charge in [-0.3, -0.25) is 23.4 Å². The molecule has 0 saturated carbocycles. The number of nitrogen functional groups attached to an aromatic ring is 1. The number of carbonyl (C=O) groups excluding carboxylic acids is 4. The van der Waals surface area contributed by atoms with E-state index < -0.39 is 54.6 Å². The summed E-state index contributed by atoms with van der Waals surface area (Å²) in [5, 5.41) is 8.37. The topological polar surface area (TPSA) is 188 Å². The first-order chi connectivity index (χ1) is 26.9. The summed E-state index contributed by atoms with van der Waals surface area (Å²) in [7, 11) is -4.08. The van der Waals surface area contributed by atoms with Crippen molar-refractivity contribution in [1.29, 1.82) is 0 Å².